The Balaban J connectivity index is 4.04. The normalized spacial score (nSPS) is 13.2. The first kappa shape index (κ1) is 15.7. The number of rotatable bonds is 8. The molecule has 0 heterocycles. The van der Waals surface area contributed by atoms with Crippen LogP contribution in [0.15, 0.2) is 0 Å². The molecule has 0 atom stereocenters. The maximum absolute atomic E-state index is 6.03. The van der Waals surface area contributed by atoms with Crippen LogP contribution in [-0.4, -0.2) is 36.1 Å². The average molecular weight is 269 g/mol. The van der Waals surface area contributed by atoms with Gasteiger partial charge in [-0.05, 0) is 32.6 Å². The lowest BCUT2D eigenvalue weighted by atomic mass is 10.5. The Kier molecular flexibility index (Phi) is 7.39. The zero-order chi connectivity index (χ0) is 11.9. The van der Waals surface area contributed by atoms with Crippen molar-refractivity contribution >= 4 is 29.8 Å². The average Bonchev–Trinajstić information content (AvgIpc) is 2.10. The molecule has 0 aliphatic heterocycles. The second-order valence-electron chi connectivity index (χ2n) is 4.32. The lowest BCUT2D eigenvalue weighted by Crippen LogP contribution is -2.48. The van der Waals surface area contributed by atoms with E-state index in [0.29, 0.717) is 6.61 Å². The van der Waals surface area contributed by atoms with Crippen LogP contribution < -0.4 is 0 Å². The van der Waals surface area contributed by atoms with Gasteiger partial charge in [0.05, 0.1) is 0 Å². The van der Waals surface area contributed by atoms with Crippen LogP contribution in [0.2, 0.25) is 26.2 Å². The van der Waals surface area contributed by atoms with Crippen molar-refractivity contribution in [1.82, 2.24) is 0 Å². The van der Waals surface area contributed by atoms with Gasteiger partial charge in [-0.15, -0.1) is 0 Å². The van der Waals surface area contributed by atoms with E-state index in [-0.39, 0.29) is 0 Å². The fourth-order valence-electron chi connectivity index (χ4n) is 1.29. The van der Waals surface area contributed by atoms with Gasteiger partial charge in [0.1, 0.15) is 0 Å². The van der Waals surface area contributed by atoms with E-state index < -0.39 is 17.1 Å². The molecule has 0 saturated heterocycles. The van der Waals surface area contributed by atoms with Crippen molar-refractivity contribution < 1.29 is 13.0 Å². The molecule has 0 aromatic heterocycles. The highest BCUT2D eigenvalue weighted by Crippen LogP contribution is 2.16. The molecule has 0 N–H and O–H groups in total. The van der Waals surface area contributed by atoms with E-state index >= 15 is 0 Å². The van der Waals surface area contributed by atoms with E-state index in [2.05, 4.69) is 45.7 Å². The minimum absolute atomic E-state index is 0.653. The summed E-state index contributed by atoms with van der Waals surface area (Å²) < 4.78 is 17.5. The Morgan fingerprint density at radius 3 is 1.80 bits per heavy atom. The van der Waals surface area contributed by atoms with Gasteiger partial charge in [0.2, 0.25) is 0 Å². The lowest BCUT2D eigenvalue weighted by Gasteiger charge is -2.32. The molecule has 0 spiro atoms. The molecular formula is C9H24O3SSi2. The van der Waals surface area contributed by atoms with E-state index in [1.807, 2.05) is 0 Å². The molecule has 0 saturated carbocycles. The van der Waals surface area contributed by atoms with E-state index in [1.54, 1.807) is 0 Å². The van der Waals surface area contributed by atoms with Crippen LogP contribution in [0.5, 0.6) is 0 Å². The predicted octanol–water partition coefficient (Wildman–Crippen LogP) is 2.78. The van der Waals surface area contributed by atoms with Crippen LogP contribution in [0, 0.1) is 0 Å². The van der Waals surface area contributed by atoms with Crippen LogP contribution in [0.25, 0.3) is 0 Å². The van der Waals surface area contributed by atoms with Crippen molar-refractivity contribution in [2.24, 2.45) is 0 Å². The Morgan fingerprint density at radius 2 is 1.40 bits per heavy atom. The standard InChI is InChI=1S/C9H24O3SSi2/c1-6-7-10-14(2,3)12-15(4,5)11-8-9-13/h13H,6-9H2,1-5H3. The van der Waals surface area contributed by atoms with Crippen molar-refractivity contribution in [3.05, 3.63) is 0 Å². The van der Waals surface area contributed by atoms with E-state index in [9.17, 15) is 0 Å². The third-order valence-corrected chi connectivity index (χ3v) is 7.60. The third-order valence-electron chi connectivity index (χ3n) is 1.69. The van der Waals surface area contributed by atoms with Gasteiger partial charge in [-0.3, -0.25) is 0 Å². The largest absolute Gasteiger partial charge is 0.415 e. The van der Waals surface area contributed by atoms with E-state index in [1.165, 1.54) is 0 Å². The highest BCUT2D eigenvalue weighted by molar-refractivity contribution is 7.80. The van der Waals surface area contributed by atoms with Gasteiger partial charge in [-0.25, -0.2) is 0 Å². The maximum atomic E-state index is 6.03. The summed E-state index contributed by atoms with van der Waals surface area (Å²) in [7, 11) is -4.02. The fraction of sp³-hybridized carbons (Fsp3) is 1.00. The summed E-state index contributed by atoms with van der Waals surface area (Å²) in [5.41, 5.74) is 0. The number of hydrogen-bond acceptors (Lipinski definition) is 4. The predicted molar refractivity (Wildman–Crippen MR) is 72.1 cm³/mol. The molecule has 0 bridgehead atoms. The minimum atomic E-state index is -2.02. The van der Waals surface area contributed by atoms with Crippen molar-refractivity contribution in [2.45, 2.75) is 39.5 Å². The van der Waals surface area contributed by atoms with Crippen LogP contribution in [0.1, 0.15) is 13.3 Å². The molecule has 0 aliphatic rings. The van der Waals surface area contributed by atoms with Crippen LogP contribution in [-0.2, 0) is 13.0 Å². The smallest absolute Gasteiger partial charge is 0.322 e. The first-order valence-corrected chi connectivity index (χ1v) is 11.7. The molecule has 0 aliphatic carbocycles. The second kappa shape index (κ2) is 7.08. The maximum Gasteiger partial charge on any atom is 0.322 e. The fourth-order valence-corrected chi connectivity index (χ4v) is 8.05. The Hall–Kier alpha value is 0.664. The lowest BCUT2D eigenvalue weighted by molar-refractivity contribution is 0.202. The zero-order valence-electron chi connectivity index (χ0n) is 10.5. The van der Waals surface area contributed by atoms with E-state index in [4.69, 9.17) is 13.0 Å². The topological polar surface area (TPSA) is 27.7 Å². The summed E-state index contributed by atoms with van der Waals surface area (Å²) in [5, 5.41) is 0. The Labute approximate surface area is 101 Å². The molecular weight excluding hydrogens is 244 g/mol. The molecule has 6 heteroatoms. The van der Waals surface area contributed by atoms with Gasteiger partial charge in [-0.1, -0.05) is 6.92 Å². The molecule has 0 rings (SSSR count). The second-order valence-corrected chi connectivity index (χ2v) is 11.8. The van der Waals surface area contributed by atoms with Gasteiger partial charge in [-0.2, -0.15) is 12.6 Å². The molecule has 0 amide bonds. The molecule has 15 heavy (non-hydrogen) atoms. The molecule has 0 fully saturated rings. The highest BCUT2D eigenvalue weighted by atomic mass is 32.1. The molecule has 92 valence electrons. The molecule has 0 aromatic carbocycles. The van der Waals surface area contributed by atoms with Gasteiger partial charge < -0.3 is 13.0 Å². The summed E-state index contributed by atoms with van der Waals surface area (Å²) in [6.07, 6.45) is 1.03. The van der Waals surface area contributed by atoms with Crippen molar-refractivity contribution in [1.29, 1.82) is 0 Å². The van der Waals surface area contributed by atoms with Gasteiger partial charge in [0.25, 0.3) is 0 Å². The molecule has 0 radical (unpaired) electrons. The Bertz CT molecular complexity index is 159. The number of thiol groups is 1. The third kappa shape index (κ3) is 8.47. The highest BCUT2D eigenvalue weighted by Gasteiger charge is 2.35. The van der Waals surface area contributed by atoms with Crippen molar-refractivity contribution in [3.63, 3.8) is 0 Å². The van der Waals surface area contributed by atoms with Crippen LogP contribution in [0.3, 0.4) is 0 Å². The summed E-state index contributed by atoms with van der Waals surface area (Å²) in [6, 6.07) is 0. The first-order valence-electron chi connectivity index (χ1n) is 5.42. The van der Waals surface area contributed by atoms with Gasteiger partial charge >= 0.3 is 17.1 Å². The van der Waals surface area contributed by atoms with E-state index in [0.717, 1.165) is 18.8 Å². The summed E-state index contributed by atoms with van der Waals surface area (Å²) >= 11 is 4.12. The minimum Gasteiger partial charge on any atom is -0.415 e. The SMILES string of the molecule is CCCO[Si](C)(C)O[Si](C)(C)OCCS. The monoisotopic (exact) mass is 268 g/mol. The molecule has 0 unspecified atom stereocenters. The quantitative estimate of drug-likeness (QED) is 0.542. The summed E-state index contributed by atoms with van der Waals surface area (Å²) in [5.74, 6) is 0.734. The van der Waals surface area contributed by atoms with Gasteiger partial charge in [0.15, 0.2) is 0 Å². The number of hydrogen-bond donors (Lipinski definition) is 1. The molecule has 3 nitrogen and oxygen atoms in total. The van der Waals surface area contributed by atoms with Crippen molar-refractivity contribution in [2.75, 3.05) is 19.0 Å². The summed E-state index contributed by atoms with van der Waals surface area (Å²) in [6.45, 7) is 11.8. The van der Waals surface area contributed by atoms with Crippen LogP contribution in [0.4, 0.5) is 0 Å². The van der Waals surface area contributed by atoms with Crippen LogP contribution >= 0.6 is 12.6 Å². The summed E-state index contributed by atoms with van der Waals surface area (Å²) in [4.78, 5) is 0. The zero-order valence-corrected chi connectivity index (χ0v) is 13.4. The Morgan fingerprint density at radius 1 is 0.933 bits per heavy atom. The van der Waals surface area contributed by atoms with Crippen molar-refractivity contribution in [3.8, 4) is 0 Å². The first-order chi connectivity index (χ1) is 6.83. The molecule has 0 aromatic rings. The van der Waals surface area contributed by atoms with Gasteiger partial charge in [0, 0.05) is 19.0 Å².